The van der Waals surface area contributed by atoms with Crippen LogP contribution >= 0.6 is 24.0 Å². The van der Waals surface area contributed by atoms with Crippen LogP contribution in [0, 0.1) is 0 Å². The van der Waals surface area contributed by atoms with Crippen LogP contribution in [0.3, 0.4) is 0 Å². The van der Waals surface area contributed by atoms with Gasteiger partial charge in [0.15, 0.2) is 11.7 Å². The number of carbonyl (C=O) groups excluding carboxylic acids is 2. The molecule has 138 valence electrons. The van der Waals surface area contributed by atoms with Crippen LogP contribution in [0.25, 0.3) is 0 Å². The molecule has 1 aliphatic heterocycles. The lowest BCUT2D eigenvalue weighted by Crippen LogP contribution is -2.34. The maximum Gasteiger partial charge on any atom is 0.573 e. The number of halogens is 4. The van der Waals surface area contributed by atoms with E-state index in [4.69, 9.17) is 5.73 Å². The number of hydrogen-bond donors (Lipinski definition) is 3. The number of rotatable bonds is 5. The van der Waals surface area contributed by atoms with Crippen LogP contribution in [0.2, 0.25) is 0 Å². The summed E-state index contributed by atoms with van der Waals surface area (Å²) < 4.78 is 40.8. The van der Waals surface area contributed by atoms with Crippen molar-refractivity contribution < 1.29 is 27.5 Å². The van der Waals surface area contributed by atoms with Gasteiger partial charge in [-0.25, -0.2) is 4.79 Å². The van der Waals surface area contributed by atoms with Crippen molar-refractivity contribution in [2.24, 2.45) is 10.7 Å². The summed E-state index contributed by atoms with van der Waals surface area (Å²) in [5.41, 5.74) is 5.57. The molecule has 1 fully saturated rings. The number of hydrogen-bond acceptors (Lipinski definition) is 4. The second-order valence-electron chi connectivity index (χ2n) is 4.64. The highest BCUT2D eigenvalue weighted by atomic mass is 127. The third kappa shape index (κ3) is 6.28. The third-order valence-electron chi connectivity index (χ3n) is 2.92. The Morgan fingerprint density at radius 1 is 1.36 bits per heavy atom. The summed E-state index contributed by atoms with van der Waals surface area (Å²) in [6, 6.07) is 4.80. The van der Waals surface area contributed by atoms with Crippen molar-refractivity contribution in [3.05, 3.63) is 24.3 Å². The van der Waals surface area contributed by atoms with Crippen molar-refractivity contribution in [2.75, 3.05) is 25.0 Å². The number of amides is 3. The topological polar surface area (TPSA) is 109 Å². The van der Waals surface area contributed by atoms with Gasteiger partial charge in [0.25, 0.3) is 0 Å². The largest absolute Gasteiger partial charge is 0.573 e. The number of guanidine groups is 1. The molecule has 0 aliphatic carbocycles. The van der Waals surface area contributed by atoms with Crippen LogP contribution in [0.15, 0.2) is 29.3 Å². The summed E-state index contributed by atoms with van der Waals surface area (Å²) in [7, 11) is 0. The van der Waals surface area contributed by atoms with E-state index >= 15 is 0 Å². The van der Waals surface area contributed by atoms with Gasteiger partial charge in [0.2, 0.25) is 5.91 Å². The van der Waals surface area contributed by atoms with Gasteiger partial charge in [-0.2, -0.15) is 0 Å². The van der Waals surface area contributed by atoms with E-state index in [0.29, 0.717) is 0 Å². The first-order valence-corrected chi connectivity index (χ1v) is 6.76. The molecule has 8 nitrogen and oxygen atoms in total. The Labute approximate surface area is 157 Å². The molecule has 0 bridgehead atoms. The highest BCUT2D eigenvalue weighted by Crippen LogP contribution is 2.29. The van der Waals surface area contributed by atoms with Gasteiger partial charge in [-0.05, 0) is 12.1 Å². The SMILES string of the molecule is I.NC(=NCCN1C(=O)CNC1=O)Nc1ccccc1OC(F)(F)F. The van der Waals surface area contributed by atoms with Crippen LogP contribution in [-0.2, 0) is 4.79 Å². The third-order valence-corrected chi connectivity index (χ3v) is 2.92. The van der Waals surface area contributed by atoms with E-state index in [1.165, 1.54) is 18.2 Å². The molecule has 3 amide bonds. The Hall–Kier alpha value is -2.25. The number of urea groups is 1. The number of benzene rings is 1. The van der Waals surface area contributed by atoms with Crippen molar-refractivity contribution in [1.82, 2.24) is 10.2 Å². The summed E-state index contributed by atoms with van der Waals surface area (Å²) in [4.78, 5) is 27.5. The van der Waals surface area contributed by atoms with Crippen LogP contribution < -0.4 is 21.1 Å². The maximum atomic E-state index is 12.3. The van der Waals surface area contributed by atoms with E-state index in [-0.39, 0.29) is 61.2 Å². The fourth-order valence-corrected chi connectivity index (χ4v) is 1.91. The standard InChI is InChI=1S/C13H14F3N5O3.HI/c14-13(15,16)24-9-4-2-1-3-8(9)20-11(17)18-5-6-21-10(22)7-19-12(21)23;/h1-4H,5-7H2,(H,19,23)(H3,17,18,20);1H. The minimum absolute atomic E-state index is 0. The van der Waals surface area contributed by atoms with E-state index in [2.05, 4.69) is 20.4 Å². The molecule has 1 aromatic rings. The first kappa shape index (κ1) is 20.8. The lowest BCUT2D eigenvalue weighted by molar-refractivity contribution is -0.274. The normalized spacial score (nSPS) is 14.8. The molecule has 0 atom stereocenters. The van der Waals surface area contributed by atoms with E-state index < -0.39 is 18.1 Å². The van der Waals surface area contributed by atoms with Gasteiger partial charge in [0.1, 0.15) is 0 Å². The fraction of sp³-hybridized carbons (Fsp3) is 0.308. The van der Waals surface area contributed by atoms with Crippen LogP contribution in [0.1, 0.15) is 0 Å². The van der Waals surface area contributed by atoms with E-state index in [9.17, 15) is 22.8 Å². The van der Waals surface area contributed by atoms with Gasteiger partial charge in [-0.3, -0.25) is 14.7 Å². The molecule has 0 saturated carbocycles. The van der Waals surface area contributed by atoms with Gasteiger partial charge in [-0.15, -0.1) is 37.1 Å². The molecule has 0 aromatic heterocycles. The molecule has 1 aromatic carbocycles. The molecular weight excluding hydrogens is 458 g/mol. The number of anilines is 1. The zero-order chi connectivity index (χ0) is 17.7. The van der Waals surface area contributed by atoms with Crippen LogP contribution in [0.4, 0.5) is 23.7 Å². The number of nitrogens with zero attached hydrogens (tertiary/aromatic N) is 2. The monoisotopic (exact) mass is 473 g/mol. The number of para-hydroxylation sites is 2. The van der Waals surface area contributed by atoms with Crippen molar-refractivity contribution in [3.63, 3.8) is 0 Å². The summed E-state index contributed by atoms with van der Waals surface area (Å²) in [6.07, 6.45) is -4.84. The molecule has 1 saturated heterocycles. The van der Waals surface area contributed by atoms with Crippen molar-refractivity contribution in [1.29, 1.82) is 0 Å². The second-order valence-corrected chi connectivity index (χ2v) is 4.64. The average molecular weight is 473 g/mol. The number of nitrogens with one attached hydrogen (secondary N) is 2. The Morgan fingerprint density at radius 2 is 2.04 bits per heavy atom. The fourth-order valence-electron chi connectivity index (χ4n) is 1.91. The number of alkyl halides is 3. The predicted molar refractivity (Wildman–Crippen MR) is 93.8 cm³/mol. The molecule has 4 N–H and O–H groups in total. The first-order chi connectivity index (χ1) is 11.3. The summed E-state index contributed by atoms with van der Waals surface area (Å²) in [6.45, 7) is -0.0630. The number of nitrogens with two attached hydrogens (primary N) is 1. The number of imide groups is 1. The Balaban J connectivity index is 0.00000312. The van der Waals surface area contributed by atoms with E-state index in [0.717, 1.165) is 11.0 Å². The summed E-state index contributed by atoms with van der Waals surface area (Å²) >= 11 is 0. The van der Waals surface area contributed by atoms with Gasteiger partial charge in [0.05, 0.1) is 25.3 Å². The van der Waals surface area contributed by atoms with Gasteiger partial charge in [-0.1, -0.05) is 12.1 Å². The van der Waals surface area contributed by atoms with E-state index in [1.807, 2.05) is 0 Å². The predicted octanol–water partition coefficient (Wildman–Crippen LogP) is 1.48. The lowest BCUT2D eigenvalue weighted by Gasteiger charge is -2.14. The zero-order valence-corrected chi connectivity index (χ0v) is 15.0. The highest BCUT2D eigenvalue weighted by Gasteiger charge is 2.32. The Kier molecular flexibility index (Phi) is 7.26. The molecule has 25 heavy (non-hydrogen) atoms. The van der Waals surface area contributed by atoms with Gasteiger partial charge < -0.3 is 21.1 Å². The number of carbonyl (C=O) groups is 2. The maximum absolute atomic E-state index is 12.3. The average Bonchev–Trinajstić information content (AvgIpc) is 2.79. The Morgan fingerprint density at radius 3 is 2.64 bits per heavy atom. The minimum atomic E-state index is -4.84. The molecule has 0 spiro atoms. The van der Waals surface area contributed by atoms with Gasteiger partial charge in [0, 0.05) is 0 Å². The van der Waals surface area contributed by atoms with E-state index in [1.54, 1.807) is 0 Å². The first-order valence-electron chi connectivity index (χ1n) is 6.76. The van der Waals surface area contributed by atoms with Gasteiger partial charge >= 0.3 is 12.4 Å². The van der Waals surface area contributed by atoms with Crippen molar-refractivity contribution >= 4 is 47.6 Å². The number of aliphatic imine (C=N–C) groups is 1. The summed E-state index contributed by atoms with van der Waals surface area (Å²) in [5, 5.41) is 4.83. The van der Waals surface area contributed by atoms with Crippen molar-refractivity contribution in [2.45, 2.75) is 6.36 Å². The number of ether oxygens (including phenoxy) is 1. The zero-order valence-electron chi connectivity index (χ0n) is 12.7. The molecular formula is C13H15F3IN5O3. The summed E-state index contributed by atoms with van der Waals surface area (Å²) in [5.74, 6) is -1.02. The molecule has 1 heterocycles. The lowest BCUT2D eigenvalue weighted by atomic mass is 10.3. The molecule has 12 heteroatoms. The van der Waals surface area contributed by atoms with Crippen molar-refractivity contribution in [3.8, 4) is 5.75 Å². The minimum Gasteiger partial charge on any atom is -0.404 e. The molecule has 1 aliphatic rings. The quantitative estimate of drug-likeness (QED) is 0.260. The molecule has 0 radical (unpaired) electrons. The molecule has 2 rings (SSSR count). The smallest absolute Gasteiger partial charge is 0.404 e. The van der Waals surface area contributed by atoms with Crippen LogP contribution in [-0.4, -0.2) is 48.8 Å². The second kappa shape index (κ2) is 8.73. The molecule has 0 unspecified atom stereocenters. The highest BCUT2D eigenvalue weighted by molar-refractivity contribution is 14.0. The van der Waals surface area contributed by atoms with Crippen LogP contribution in [0.5, 0.6) is 5.75 Å². The Bertz CT molecular complexity index is 653.